The number of hydrogen-bond donors (Lipinski definition) is 1. The van der Waals surface area contributed by atoms with Crippen LogP contribution in [0.3, 0.4) is 0 Å². The Bertz CT molecular complexity index is 1210. The fourth-order valence-electron chi connectivity index (χ4n) is 3.20. The molecule has 0 aliphatic rings. The van der Waals surface area contributed by atoms with Gasteiger partial charge < -0.3 is 0 Å². The van der Waals surface area contributed by atoms with Crippen molar-refractivity contribution >= 4 is 27.0 Å². The molecular formula is C22H21N3O2S2. The molecular weight excluding hydrogens is 402 g/mol. The van der Waals surface area contributed by atoms with Crippen molar-refractivity contribution in [1.29, 1.82) is 0 Å². The maximum atomic E-state index is 13.3. The van der Waals surface area contributed by atoms with Gasteiger partial charge in [0.1, 0.15) is 10.6 Å². The Hall–Kier alpha value is -2.90. The van der Waals surface area contributed by atoms with Crippen molar-refractivity contribution < 1.29 is 8.42 Å². The molecule has 0 fully saturated rings. The lowest BCUT2D eigenvalue weighted by atomic mass is 10.1. The summed E-state index contributed by atoms with van der Waals surface area (Å²) in [6.07, 6.45) is 1.61. The minimum Gasteiger partial charge on any atom is -0.279 e. The maximum Gasteiger partial charge on any atom is 0.265 e. The predicted molar refractivity (Wildman–Crippen MR) is 118 cm³/mol. The molecule has 0 aliphatic heterocycles. The zero-order chi connectivity index (χ0) is 20.4. The lowest BCUT2D eigenvalue weighted by Gasteiger charge is -2.12. The summed E-state index contributed by atoms with van der Waals surface area (Å²) in [4.78, 5) is 0.997. The molecule has 4 aromatic rings. The number of benzene rings is 2. The van der Waals surface area contributed by atoms with Crippen molar-refractivity contribution in [2.45, 2.75) is 25.3 Å². The molecule has 5 nitrogen and oxygen atoms in total. The highest BCUT2D eigenvalue weighted by molar-refractivity contribution is 7.92. The molecule has 0 saturated carbocycles. The molecule has 0 atom stereocenters. The average molecular weight is 424 g/mol. The summed E-state index contributed by atoms with van der Waals surface area (Å²) in [6.45, 7) is 4.28. The first kappa shape index (κ1) is 19.4. The standard InChI is InChI=1S/C22H21N3O2S2/c1-16-8-6-9-17(2)21(16)24-29(26,27)20-15-25(14-18-10-4-3-5-11-18)23-22(20)19-12-7-13-28-19/h3-13,15,24H,14H2,1-2H3. The number of nitrogens with one attached hydrogen (secondary N) is 1. The Morgan fingerprint density at radius 2 is 1.69 bits per heavy atom. The summed E-state index contributed by atoms with van der Waals surface area (Å²) in [5, 5.41) is 6.53. The smallest absolute Gasteiger partial charge is 0.265 e. The molecule has 148 valence electrons. The van der Waals surface area contributed by atoms with E-state index in [4.69, 9.17) is 0 Å². The Morgan fingerprint density at radius 1 is 0.966 bits per heavy atom. The van der Waals surface area contributed by atoms with Crippen LogP contribution in [0.1, 0.15) is 16.7 Å². The number of sulfonamides is 1. The van der Waals surface area contributed by atoms with Gasteiger partial charge in [-0.2, -0.15) is 5.10 Å². The van der Waals surface area contributed by atoms with E-state index >= 15 is 0 Å². The third-order valence-corrected chi connectivity index (χ3v) is 6.90. The van der Waals surface area contributed by atoms with Crippen molar-refractivity contribution in [1.82, 2.24) is 9.78 Å². The number of aromatic nitrogens is 2. The van der Waals surface area contributed by atoms with Gasteiger partial charge in [-0.3, -0.25) is 9.40 Å². The second kappa shape index (κ2) is 7.85. The van der Waals surface area contributed by atoms with Gasteiger partial charge in [-0.15, -0.1) is 11.3 Å². The highest BCUT2D eigenvalue weighted by Crippen LogP contribution is 2.32. The van der Waals surface area contributed by atoms with Crippen molar-refractivity contribution in [3.63, 3.8) is 0 Å². The summed E-state index contributed by atoms with van der Waals surface area (Å²) in [6, 6.07) is 19.3. The summed E-state index contributed by atoms with van der Waals surface area (Å²) in [5.41, 5.74) is 3.89. The van der Waals surface area contributed by atoms with E-state index in [1.807, 2.05) is 79.9 Å². The molecule has 7 heteroatoms. The van der Waals surface area contributed by atoms with Gasteiger partial charge >= 0.3 is 0 Å². The number of hydrogen-bond acceptors (Lipinski definition) is 4. The number of para-hydroxylation sites is 1. The Labute approximate surface area is 174 Å². The van der Waals surface area contributed by atoms with Crippen LogP contribution >= 0.6 is 11.3 Å². The van der Waals surface area contributed by atoms with Gasteiger partial charge in [-0.05, 0) is 42.0 Å². The molecule has 0 bridgehead atoms. The molecule has 0 spiro atoms. The Balaban J connectivity index is 1.77. The topological polar surface area (TPSA) is 64.0 Å². The van der Waals surface area contributed by atoms with Crippen molar-refractivity contribution in [2.75, 3.05) is 4.72 Å². The van der Waals surface area contributed by atoms with Crippen LogP contribution in [0.4, 0.5) is 5.69 Å². The fraction of sp³-hybridized carbons (Fsp3) is 0.136. The third-order valence-electron chi connectivity index (χ3n) is 4.68. The molecule has 0 radical (unpaired) electrons. The summed E-state index contributed by atoms with van der Waals surface area (Å²) < 4.78 is 31.1. The third kappa shape index (κ3) is 4.11. The van der Waals surface area contributed by atoms with Gasteiger partial charge in [0.25, 0.3) is 10.0 Å². The van der Waals surface area contributed by atoms with E-state index in [2.05, 4.69) is 9.82 Å². The van der Waals surface area contributed by atoms with Crippen LogP contribution in [-0.4, -0.2) is 18.2 Å². The number of aryl methyl sites for hydroxylation is 2. The van der Waals surface area contributed by atoms with Crippen LogP contribution in [0.2, 0.25) is 0 Å². The van der Waals surface area contributed by atoms with Gasteiger partial charge in [-0.1, -0.05) is 54.6 Å². The lowest BCUT2D eigenvalue weighted by Crippen LogP contribution is -2.15. The first-order valence-corrected chi connectivity index (χ1v) is 11.5. The van der Waals surface area contributed by atoms with Gasteiger partial charge in [0.05, 0.1) is 17.1 Å². The zero-order valence-electron chi connectivity index (χ0n) is 16.2. The maximum absolute atomic E-state index is 13.3. The van der Waals surface area contributed by atoms with Gasteiger partial charge in [0.2, 0.25) is 0 Å². The summed E-state index contributed by atoms with van der Waals surface area (Å²) in [7, 11) is -3.81. The van der Waals surface area contributed by atoms with E-state index in [-0.39, 0.29) is 4.90 Å². The summed E-state index contributed by atoms with van der Waals surface area (Å²) >= 11 is 1.47. The van der Waals surface area contributed by atoms with Crippen LogP contribution in [0.25, 0.3) is 10.6 Å². The van der Waals surface area contributed by atoms with Gasteiger partial charge in [0, 0.05) is 6.20 Å². The van der Waals surface area contributed by atoms with Crippen LogP contribution in [0.5, 0.6) is 0 Å². The molecule has 0 unspecified atom stereocenters. The predicted octanol–water partition coefficient (Wildman–Crippen LogP) is 5.08. The monoisotopic (exact) mass is 423 g/mol. The second-order valence-electron chi connectivity index (χ2n) is 6.87. The fourth-order valence-corrected chi connectivity index (χ4v) is 5.35. The van der Waals surface area contributed by atoms with Crippen LogP contribution in [0.15, 0.2) is 77.1 Å². The van der Waals surface area contributed by atoms with E-state index in [9.17, 15) is 8.42 Å². The minimum absolute atomic E-state index is 0.179. The van der Waals surface area contributed by atoms with Crippen LogP contribution in [-0.2, 0) is 16.6 Å². The normalized spacial score (nSPS) is 11.5. The number of rotatable bonds is 6. The molecule has 2 aromatic heterocycles. The van der Waals surface area contributed by atoms with Gasteiger partial charge in [0.15, 0.2) is 0 Å². The number of thiophene rings is 1. The Morgan fingerprint density at radius 3 is 2.34 bits per heavy atom. The Kier molecular flexibility index (Phi) is 5.25. The quantitative estimate of drug-likeness (QED) is 0.470. The minimum atomic E-state index is -3.81. The average Bonchev–Trinajstić information content (AvgIpc) is 3.36. The van der Waals surface area contributed by atoms with E-state index < -0.39 is 10.0 Å². The van der Waals surface area contributed by atoms with E-state index in [0.29, 0.717) is 17.9 Å². The van der Waals surface area contributed by atoms with Crippen molar-refractivity contribution in [2.24, 2.45) is 0 Å². The first-order valence-electron chi connectivity index (χ1n) is 9.18. The van der Waals surface area contributed by atoms with Crippen LogP contribution in [0, 0.1) is 13.8 Å². The molecule has 0 saturated heterocycles. The van der Waals surface area contributed by atoms with Crippen molar-refractivity contribution in [3.8, 4) is 10.6 Å². The SMILES string of the molecule is Cc1cccc(C)c1NS(=O)(=O)c1cn(Cc2ccccc2)nc1-c1cccs1. The molecule has 1 N–H and O–H groups in total. The van der Waals surface area contributed by atoms with E-state index in [1.165, 1.54) is 11.3 Å². The molecule has 4 rings (SSSR count). The summed E-state index contributed by atoms with van der Waals surface area (Å²) in [5.74, 6) is 0. The number of anilines is 1. The molecule has 2 heterocycles. The highest BCUT2D eigenvalue weighted by atomic mass is 32.2. The molecule has 2 aromatic carbocycles. The van der Waals surface area contributed by atoms with Crippen molar-refractivity contribution in [3.05, 3.63) is 88.9 Å². The van der Waals surface area contributed by atoms with E-state index in [0.717, 1.165) is 21.6 Å². The highest BCUT2D eigenvalue weighted by Gasteiger charge is 2.25. The van der Waals surface area contributed by atoms with Crippen LogP contribution < -0.4 is 4.72 Å². The second-order valence-corrected chi connectivity index (χ2v) is 9.47. The number of nitrogens with zero attached hydrogens (tertiary/aromatic N) is 2. The van der Waals surface area contributed by atoms with Gasteiger partial charge in [-0.25, -0.2) is 8.42 Å². The largest absolute Gasteiger partial charge is 0.279 e. The lowest BCUT2D eigenvalue weighted by molar-refractivity contribution is 0.601. The zero-order valence-corrected chi connectivity index (χ0v) is 17.8. The first-order chi connectivity index (χ1) is 13.9. The van der Waals surface area contributed by atoms with E-state index in [1.54, 1.807) is 10.9 Å². The molecule has 0 aliphatic carbocycles. The molecule has 29 heavy (non-hydrogen) atoms. The molecule has 0 amide bonds.